The molecule has 1 aromatic rings. The summed E-state index contributed by atoms with van der Waals surface area (Å²) in [5.41, 5.74) is 0.632. The molecule has 0 spiro atoms. The average molecular weight is 547 g/mol. The van der Waals surface area contributed by atoms with Crippen molar-refractivity contribution in [3.05, 3.63) is 29.3 Å². The third kappa shape index (κ3) is 7.69. The molecule has 0 aliphatic carbocycles. The maximum Gasteiger partial charge on any atom is 0.547 e. The second-order valence-electron chi connectivity index (χ2n) is 6.83. The lowest BCUT2D eigenvalue weighted by molar-refractivity contribution is -0.121. The highest BCUT2D eigenvalue weighted by Crippen LogP contribution is 2.31. The Labute approximate surface area is 193 Å². The van der Waals surface area contributed by atoms with E-state index in [0.29, 0.717) is 18.4 Å². The summed E-state index contributed by atoms with van der Waals surface area (Å²) in [6.07, 6.45) is -1.07. The van der Waals surface area contributed by atoms with Crippen LogP contribution >= 0.6 is 22.6 Å². The van der Waals surface area contributed by atoms with Crippen LogP contribution < -0.4 is 9.97 Å². The Bertz CT molecular complexity index is 835. The minimum atomic E-state index is -1.38. The highest BCUT2D eigenvalue weighted by Gasteiger charge is 2.38. The quantitative estimate of drug-likeness (QED) is 0.156. The molecule has 2 rings (SSSR count). The highest BCUT2D eigenvalue weighted by atomic mass is 127. The molecule has 0 fully saturated rings. The zero-order valence-electron chi connectivity index (χ0n) is 17.1. The normalized spacial score (nSPS) is 15.7. The lowest BCUT2D eigenvalue weighted by Crippen LogP contribution is -2.53. The Balaban J connectivity index is 2.01. The molecule has 1 heterocycles. The van der Waals surface area contributed by atoms with Gasteiger partial charge in [0.25, 0.3) is 0 Å². The fourth-order valence-electron chi connectivity index (χ4n) is 2.94. The summed E-state index contributed by atoms with van der Waals surface area (Å²) in [6, 6.07) is 4.76. The van der Waals surface area contributed by atoms with Gasteiger partial charge in [-0.2, -0.15) is 0 Å². The molecular weight excluding hydrogens is 524 g/mol. The maximum atomic E-state index is 12.5. The van der Waals surface area contributed by atoms with Gasteiger partial charge in [-0.25, -0.2) is 9.59 Å². The van der Waals surface area contributed by atoms with Gasteiger partial charge in [0.2, 0.25) is 12.2 Å². The van der Waals surface area contributed by atoms with E-state index in [9.17, 15) is 24.2 Å². The standard InChI is InChI=1S/C19H23BINO9/c1-11(23)5-3-8-16(24)22-15-9-13-6-4-7-14(17(13)31-20(15)27)18(25)29-12(2)30-19(26)28-10-21/h4,6-7,12,15,27H,3,5,8-10H2,1-2H3,(H,22,24)/t12?,15-/m0/s1. The van der Waals surface area contributed by atoms with Crippen molar-refractivity contribution in [2.75, 3.05) is 4.61 Å². The number of carbonyl (C=O) groups excluding carboxylic acids is 4. The van der Waals surface area contributed by atoms with Crippen LogP contribution in [-0.4, -0.2) is 52.8 Å². The van der Waals surface area contributed by atoms with Crippen LogP contribution in [0.1, 0.15) is 49.0 Å². The van der Waals surface area contributed by atoms with E-state index in [1.54, 1.807) is 12.1 Å². The lowest BCUT2D eigenvalue weighted by Gasteiger charge is -2.29. The van der Waals surface area contributed by atoms with Gasteiger partial charge in [-0.1, -0.05) is 12.1 Å². The van der Waals surface area contributed by atoms with Gasteiger partial charge < -0.3 is 34.0 Å². The third-order valence-corrected chi connectivity index (χ3v) is 4.64. The molecule has 0 radical (unpaired) electrons. The fourth-order valence-corrected chi connectivity index (χ4v) is 3.19. The van der Waals surface area contributed by atoms with Crippen molar-refractivity contribution in [3.63, 3.8) is 0 Å². The number of rotatable bonds is 9. The van der Waals surface area contributed by atoms with Gasteiger partial charge in [0, 0.05) is 19.8 Å². The van der Waals surface area contributed by atoms with Crippen LogP contribution in [0, 0.1) is 0 Å². The van der Waals surface area contributed by atoms with Crippen molar-refractivity contribution < 1.29 is 43.1 Å². The summed E-state index contributed by atoms with van der Waals surface area (Å²) < 4.78 is 20.1. The molecule has 1 aliphatic rings. The minimum Gasteiger partial charge on any atom is -0.534 e. The van der Waals surface area contributed by atoms with E-state index in [4.69, 9.17) is 14.1 Å². The first kappa shape index (κ1) is 24.9. The van der Waals surface area contributed by atoms with E-state index in [1.165, 1.54) is 19.9 Å². The number of hydrogen-bond acceptors (Lipinski definition) is 9. The summed E-state index contributed by atoms with van der Waals surface area (Å²) in [5.74, 6) is -1.70. The third-order valence-electron chi connectivity index (χ3n) is 4.33. The van der Waals surface area contributed by atoms with Crippen LogP contribution in [0.3, 0.4) is 0 Å². The molecule has 0 saturated heterocycles. The van der Waals surface area contributed by atoms with Crippen molar-refractivity contribution >= 4 is 53.5 Å². The second-order valence-corrected chi connectivity index (χ2v) is 7.45. The highest BCUT2D eigenvalue weighted by molar-refractivity contribution is 14.1. The number of para-hydroxylation sites is 1. The smallest absolute Gasteiger partial charge is 0.534 e. The molecular formula is C19H23BINO9. The van der Waals surface area contributed by atoms with Crippen molar-refractivity contribution in [2.45, 2.75) is 51.8 Å². The molecule has 2 atom stereocenters. The molecule has 1 amide bonds. The minimum absolute atomic E-state index is 0.00351. The number of alkyl halides is 1. The summed E-state index contributed by atoms with van der Waals surface area (Å²) in [7, 11) is -1.38. The molecule has 10 nitrogen and oxygen atoms in total. The van der Waals surface area contributed by atoms with Gasteiger partial charge in [-0.15, -0.1) is 0 Å². The summed E-state index contributed by atoms with van der Waals surface area (Å²) in [6.45, 7) is 2.81. The number of nitrogens with one attached hydrogen (secondary N) is 1. The van der Waals surface area contributed by atoms with Crippen LogP contribution in [0.5, 0.6) is 5.75 Å². The number of halogens is 1. The number of amides is 1. The van der Waals surface area contributed by atoms with Gasteiger partial charge >= 0.3 is 19.2 Å². The maximum absolute atomic E-state index is 12.5. The molecule has 1 aliphatic heterocycles. The molecule has 12 heteroatoms. The van der Waals surface area contributed by atoms with Gasteiger partial charge in [0.05, 0.1) is 5.94 Å². The van der Waals surface area contributed by atoms with Crippen LogP contribution in [0.15, 0.2) is 18.2 Å². The first-order valence-electron chi connectivity index (χ1n) is 9.57. The van der Waals surface area contributed by atoms with E-state index in [2.05, 4.69) is 10.1 Å². The monoisotopic (exact) mass is 547 g/mol. The number of benzene rings is 1. The Morgan fingerprint density at radius 1 is 1.29 bits per heavy atom. The van der Waals surface area contributed by atoms with Gasteiger partial charge in [0.1, 0.15) is 21.7 Å². The number of esters is 1. The van der Waals surface area contributed by atoms with Gasteiger partial charge in [-0.3, -0.25) is 4.79 Å². The van der Waals surface area contributed by atoms with Gasteiger partial charge in [-0.05, 0) is 54.0 Å². The van der Waals surface area contributed by atoms with Crippen LogP contribution in [0.2, 0.25) is 0 Å². The molecule has 0 bridgehead atoms. The number of fused-ring (bicyclic) bond motifs is 1. The average Bonchev–Trinajstić information content (AvgIpc) is 2.67. The molecule has 168 valence electrons. The largest absolute Gasteiger partial charge is 0.547 e. The zero-order valence-corrected chi connectivity index (χ0v) is 19.2. The van der Waals surface area contributed by atoms with Crippen LogP contribution in [0.25, 0.3) is 0 Å². The Morgan fingerprint density at radius 3 is 2.71 bits per heavy atom. The predicted molar refractivity (Wildman–Crippen MR) is 117 cm³/mol. The predicted octanol–water partition coefficient (Wildman–Crippen LogP) is 1.93. The summed E-state index contributed by atoms with van der Waals surface area (Å²) in [5, 5.41) is 13.0. The number of Topliss-reactive ketones (excluding diaryl/α,β-unsaturated/α-hetero) is 1. The van der Waals surface area contributed by atoms with E-state index in [-0.39, 0.29) is 40.5 Å². The molecule has 1 aromatic carbocycles. The Morgan fingerprint density at radius 2 is 2.03 bits per heavy atom. The molecule has 0 aromatic heterocycles. The topological polar surface area (TPSA) is 137 Å². The number of ketones is 1. The van der Waals surface area contributed by atoms with E-state index < -0.39 is 31.5 Å². The van der Waals surface area contributed by atoms with Crippen molar-refractivity contribution in [1.82, 2.24) is 5.32 Å². The molecule has 1 unspecified atom stereocenters. The first-order chi connectivity index (χ1) is 14.7. The molecule has 2 N–H and O–H groups in total. The summed E-state index contributed by atoms with van der Waals surface area (Å²) in [4.78, 5) is 46.9. The number of carbonyl (C=O) groups is 4. The van der Waals surface area contributed by atoms with Crippen LogP contribution in [-0.2, 0) is 30.2 Å². The SMILES string of the molecule is CC(=O)CCCC(=O)N[C@H]1Cc2cccc(C(=O)OC(C)OC(=O)OCI)c2OB1O. The Hall–Kier alpha value is -2.35. The lowest BCUT2D eigenvalue weighted by atomic mass is 9.72. The first-order valence-corrected chi connectivity index (χ1v) is 11.1. The second kappa shape index (κ2) is 11.9. The van der Waals surface area contributed by atoms with E-state index >= 15 is 0 Å². The fraction of sp³-hybridized carbons (Fsp3) is 0.474. The van der Waals surface area contributed by atoms with Gasteiger partial charge in [0.15, 0.2) is 0 Å². The van der Waals surface area contributed by atoms with E-state index in [1.807, 2.05) is 22.6 Å². The van der Waals surface area contributed by atoms with E-state index in [0.717, 1.165) is 0 Å². The summed E-state index contributed by atoms with van der Waals surface area (Å²) >= 11 is 1.82. The number of hydrogen-bond donors (Lipinski definition) is 2. The van der Waals surface area contributed by atoms with Crippen molar-refractivity contribution in [1.29, 1.82) is 0 Å². The zero-order chi connectivity index (χ0) is 23.0. The Kier molecular flexibility index (Phi) is 9.56. The molecule has 31 heavy (non-hydrogen) atoms. The number of ether oxygens (including phenoxy) is 3. The molecule has 0 saturated carbocycles. The van der Waals surface area contributed by atoms with Crippen molar-refractivity contribution in [3.8, 4) is 5.75 Å². The van der Waals surface area contributed by atoms with Crippen molar-refractivity contribution in [2.24, 2.45) is 0 Å². The van der Waals surface area contributed by atoms with Crippen LogP contribution in [0.4, 0.5) is 4.79 Å².